The van der Waals surface area contributed by atoms with Crippen molar-refractivity contribution in [2.75, 3.05) is 0 Å². The van der Waals surface area contributed by atoms with Crippen molar-refractivity contribution in [1.82, 2.24) is 5.43 Å². The van der Waals surface area contributed by atoms with Gasteiger partial charge in [-0.25, -0.2) is 4.79 Å². The fraction of sp³-hybridized carbons (Fsp3) is 0.308. The van der Waals surface area contributed by atoms with Crippen molar-refractivity contribution in [3.8, 4) is 0 Å². The molecular formula is C13H17N3O2. The van der Waals surface area contributed by atoms with Crippen molar-refractivity contribution in [1.29, 1.82) is 0 Å². The number of carboxylic acids is 1. The van der Waals surface area contributed by atoms with Gasteiger partial charge in [0.25, 0.3) is 0 Å². The standard InChI is InChI=1S/C13H17N3O2/c14-11(12(16-15)13(17)18)10-6-5-8-3-1-2-4-9(8)7-10/h1-4,10,16H,5-7,14-15H2,(H,17,18)/b12-11-. The second kappa shape index (κ2) is 5.10. The Balaban J connectivity index is 2.25. The predicted octanol–water partition coefficient (Wildman–Crippen LogP) is 0.510. The van der Waals surface area contributed by atoms with Crippen LogP contribution in [-0.2, 0) is 17.6 Å². The number of hydrazine groups is 1. The van der Waals surface area contributed by atoms with Crippen LogP contribution in [-0.4, -0.2) is 11.1 Å². The smallest absolute Gasteiger partial charge is 0.355 e. The van der Waals surface area contributed by atoms with E-state index in [2.05, 4.69) is 17.6 Å². The lowest BCUT2D eigenvalue weighted by Crippen LogP contribution is -2.33. The summed E-state index contributed by atoms with van der Waals surface area (Å²) in [5.74, 6) is 4.12. The summed E-state index contributed by atoms with van der Waals surface area (Å²) in [4.78, 5) is 11.0. The third-order valence-corrected chi connectivity index (χ3v) is 3.43. The second-order valence-corrected chi connectivity index (χ2v) is 4.49. The van der Waals surface area contributed by atoms with Crippen molar-refractivity contribution in [2.45, 2.75) is 19.3 Å². The highest BCUT2D eigenvalue weighted by Crippen LogP contribution is 2.28. The molecule has 0 aromatic heterocycles. The molecule has 6 N–H and O–H groups in total. The van der Waals surface area contributed by atoms with Gasteiger partial charge in [0.2, 0.25) is 0 Å². The van der Waals surface area contributed by atoms with Crippen molar-refractivity contribution in [2.24, 2.45) is 17.5 Å². The molecule has 0 bridgehead atoms. The molecule has 0 fully saturated rings. The van der Waals surface area contributed by atoms with Crippen LogP contribution in [0.1, 0.15) is 17.5 Å². The SMILES string of the molecule is NN/C(C(=O)O)=C(\N)C1CCc2ccccc2C1. The fourth-order valence-electron chi connectivity index (χ4n) is 2.44. The number of allylic oxidation sites excluding steroid dienone is 1. The van der Waals surface area contributed by atoms with Gasteiger partial charge in [-0.3, -0.25) is 5.84 Å². The maximum absolute atomic E-state index is 11.0. The highest BCUT2D eigenvalue weighted by atomic mass is 16.4. The van der Waals surface area contributed by atoms with Crippen molar-refractivity contribution < 1.29 is 9.90 Å². The normalized spacial score (nSPS) is 19.7. The van der Waals surface area contributed by atoms with E-state index in [1.807, 2.05) is 12.1 Å². The van der Waals surface area contributed by atoms with Crippen LogP contribution in [0.25, 0.3) is 0 Å². The molecule has 18 heavy (non-hydrogen) atoms. The van der Waals surface area contributed by atoms with Gasteiger partial charge >= 0.3 is 5.97 Å². The summed E-state index contributed by atoms with van der Waals surface area (Å²) in [6.45, 7) is 0. The zero-order chi connectivity index (χ0) is 13.1. The van der Waals surface area contributed by atoms with Gasteiger partial charge in [0.15, 0.2) is 5.70 Å². The van der Waals surface area contributed by atoms with E-state index in [4.69, 9.17) is 16.7 Å². The first-order valence-corrected chi connectivity index (χ1v) is 5.89. The molecule has 0 radical (unpaired) electrons. The first kappa shape index (κ1) is 12.4. The summed E-state index contributed by atoms with van der Waals surface area (Å²) in [5.41, 5.74) is 10.9. The predicted molar refractivity (Wildman–Crippen MR) is 68.1 cm³/mol. The summed E-state index contributed by atoms with van der Waals surface area (Å²) in [5, 5.41) is 8.99. The van der Waals surface area contributed by atoms with Gasteiger partial charge < -0.3 is 16.3 Å². The zero-order valence-electron chi connectivity index (χ0n) is 10.0. The van der Waals surface area contributed by atoms with E-state index in [9.17, 15) is 4.79 Å². The monoisotopic (exact) mass is 247 g/mol. The average Bonchev–Trinajstić information content (AvgIpc) is 2.38. The Labute approximate surface area is 105 Å². The molecule has 1 aromatic carbocycles. The number of carboxylic acid groups (broad SMARTS) is 1. The molecule has 0 amide bonds. The maximum atomic E-state index is 11.0. The minimum absolute atomic E-state index is 0.0297. The van der Waals surface area contributed by atoms with E-state index in [-0.39, 0.29) is 11.6 Å². The van der Waals surface area contributed by atoms with Crippen LogP contribution in [0.15, 0.2) is 35.7 Å². The number of aliphatic carboxylic acids is 1. The first-order chi connectivity index (χ1) is 8.63. The van der Waals surface area contributed by atoms with Gasteiger partial charge in [-0.1, -0.05) is 24.3 Å². The van der Waals surface area contributed by atoms with Crippen molar-refractivity contribution >= 4 is 5.97 Å². The second-order valence-electron chi connectivity index (χ2n) is 4.49. The highest BCUT2D eigenvalue weighted by molar-refractivity contribution is 5.86. The van der Waals surface area contributed by atoms with Crippen LogP contribution in [0, 0.1) is 5.92 Å². The number of hydrogen-bond acceptors (Lipinski definition) is 4. The first-order valence-electron chi connectivity index (χ1n) is 5.89. The summed E-state index contributed by atoms with van der Waals surface area (Å²) in [7, 11) is 0. The van der Waals surface area contributed by atoms with Gasteiger partial charge in [-0.05, 0) is 30.4 Å². The Bertz CT molecular complexity index is 497. The Morgan fingerprint density at radius 1 is 1.33 bits per heavy atom. The maximum Gasteiger partial charge on any atom is 0.355 e. The van der Waals surface area contributed by atoms with E-state index in [1.165, 1.54) is 11.1 Å². The van der Waals surface area contributed by atoms with E-state index >= 15 is 0 Å². The summed E-state index contributed by atoms with van der Waals surface area (Å²) in [6.07, 6.45) is 2.53. The van der Waals surface area contributed by atoms with Crippen molar-refractivity contribution in [3.63, 3.8) is 0 Å². The van der Waals surface area contributed by atoms with E-state index < -0.39 is 5.97 Å². The molecule has 0 heterocycles. The fourth-order valence-corrected chi connectivity index (χ4v) is 2.44. The quantitative estimate of drug-likeness (QED) is 0.354. The number of nitrogens with one attached hydrogen (secondary N) is 1. The van der Waals surface area contributed by atoms with Gasteiger partial charge in [-0.15, -0.1) is 0 Å². The largest absolute Gasteiger partial charge is 0.476 e. The molecular weight excluding hydrogens is 230 g/mol. The summed E-state index contributed by atoms with van der Waals surface area (Å²) < 4.78 is 0. The summed E-state index contributed by atoms with van der Waals surface area (Å²) >= 11 is 0. The Morgan fingerprint density at radius 2 is 2.00 bits per heavy atom. The number of nitrogens with two attached hydrogens (primary N) is 2. The molecule has 1 atom stereocenters. The molecule has 96 valence electrons. The topological polar surface area (TPSA) is 101 Å². The average molecular weight is 247 g/mol. The molecule has 5 nitrogen and oxygen atoms in total. The van der Waals surface area contributed by atoms with Crippen LogP contribution < -0.4 is 17.0 Å². The molecule has 0 spiro atoms. The molecule has 0 saturated heterocycles. The van der Waals surface area contributed by atoms with Crippen LogP contribution in [0.5, 0.6) is 0 Å². The molecule has 1 unspecified atom stereocenters. The molecule has 2 rings (SSSR count). The zero-order valence-corrected chi connectivity index (χ0v) is 10.0. The van der Waals surface area contributed by atoms with Gasteiger partial charge in [0, 0.05) is 11.6 Å². The molecule has 5 heteroatoms. The Hall–Kier alpha value is -2.01. The Morgan fingerprint density at radius 3 is 2.61 bits per heavy atom. The Kier molecular flexibility index (Phi) is 3.53. The summed E-state index contributed by atoms with van der Waals surface area (Å²) in [6, 6.07) is 8.17. The number of rotatable bonds is 3. The minimum atomic E-state index is -1.12. The minimum Gasteiger partial charge on any atom is -0.476 e. The molecule has 1 aliphatic rings. The van der Waals surface area contributed by atoms with E-state index in [0.29, 0.717) is 5.70 Å². The van der Waals surface area contributed by atoms with E-state index in [1.54, 1.807) is 0 Å². The number of fused-ring (bicyclic) bond motifs is 1. The molecule has 0 aliphatic heterocycles. The number of hydrogen-bond donors (Lipinski definition) is 4. The van der Waals surface area contributed by atoms with Gasteiger partial charge in [0.1, 0.15) is 0 Å². The third kappa shape index (κ3) is 2.31. The lowest BCUT2D eigenvalue weighted by Gasteiger charge is -2.25. The number of aryl methyl sites for hydroxylation is 1. The van der Waals surface area contributed by atoms with Crippen LogP contribution in [0.4, 0.5) is 0 Å². The molecule has 1 aromatic rings. The number of carbonyl (C=O) groups is 1. The van der Waals surface area contributed by atoms with Crippen LogP contribution in [0.2, 0.25) is 0 Å². The molecule has 1 aliphatic carbocycles. The van der Waals surface area contributed by atoms with Gasteiger partial charge in [0.05, 0.1) is 0 Å². The van der Waals surface area contributed by atoms with Gasteiger partial charge in [-0.2, -0.15) is 0 Å². The number of benzene rings is 1. The van der Waals surface area contributed by atoms with Crippen LogP contribution in [0.3, 0.4) is 0 Å². The highest BCUT2D eigenvalue weighted by Gasteiger charge is 2.24. The van der Waals surface area contributed by atoms with E-state index in [0.717, 1.165) is 19.3 Å². The van der Waals surface area contributed by atoms with Crippen molar-refractivity contribution in [3.05, 3.63) is 46.8 Å². The molecule has 0 saturated carbocycles. The lowest BCUT2D eigenvalue weighted by atomic mass is 9.82. The lowest BCUT2D eigenvalue weighted by molar-refractivity contribution is -0.133. The third-order valence-electron chi connectivity index (χ3n) is 3.43. The van der Waals surface area contributed by atoms with Crippen LogP contribution >= 0.6 is 0 Å².